The number of hydrogen-bond acceptors (Lipinski definition) is 5. The molecule has 6 heteroatoms. The minimum atomic E-state index is -0.000595. The van der Waals surface area contributed by atoms with Gasteiger partial charge in [0.15, 0.2) is 0 Å². The van der Waals surface area contributed by atoms with Crippen molar-refractivity contribution >= 4 is 23.5 Å². The molecule has 0 bridgehead atoms. The van der Waals surface area contributed by atoms with Crippen LogP contribution in [0.5, 0.6) is 0 Å². The van der Waals surface area contributed by atoms with Crippen molar-refractivity contribution in [2.45, 2.75) is 13.0 Å². The summed E-state index contributed by atoms with van der Waals surface area (Å²) in [6, 6.07) is -0.000595. The van der Waals surface area contributed by atoms with Crippen LogP contribution in [0.15, 0.2) is 0 Å². The number of carbonyl (C=O) groups excluding carboxylic acids is 2. The van der Waals surface area contributed by atoms with Crippen LogP contribution in [0.1, 0.15) is 6.92 Å². The number of Topliss-reactive ketones (excluding diaryl/α,β-unsaturated/α-hetero) is 1. The van der Waals surface area contributed by atoms with E-state index in [1.165, 1.54) is 0 Å². The Hall–Kier alpha value is -0.590. The zero-order valence-corrected chi connectivity index (χ0v) is 11.0. The molecular weight excluding hydrogens is 238 g/mol. The number of carbonyl (C=O) groups is 2. The SMILES string of the molecule is CC(=O)CN1CCN(C(=O)C2CSCN2)CC1. The van der Waals surface area contributed by atoms with E-state index in [0.29, 0.717) is 6.54 Å². The highest BCUT2D eigenvalue weighted by atomic mass is 32.2. The van der Waals surface area contributed by atoms with E-state index >= 15 is 0 Å². The van der Waals surface area contributed by atoms with Crippen LogP contribution in [-0.2, 0) is 9.59 Å². The van der Waals surface area contributed by atoms with Crippen LogP contribution in [0.25, 0.3) is 0 Å². The van der Waals surface area contributed by atoms with E-state index in [0.717, 1.165) is 37.8 Å². The van der Waals surface area contributed by atoms with E-state index in [9.17, 15) is 9.59 Å². The Labute approximate surface area is 106 Å². The molecule has 0 aromatic rings. The molecule has 17 heavy (non-hydrogen) atoms. The Bertz CT molecular complexity index is 297. The summed E-state index contributed by atoms with van der Waals surface area (Å²) in [7, 11) is 0. The fourth-order valence-electron chi connectivity index (χ4n) is 2.22. The molecule has 1 atom stereocenters. The van der Waals surface area contributed by atoms with Gasteiger partial charge in [-0.05, 0) is 6.92 Å². The van der Waals surface area contributed by atoms with E-state index in [1.54, 1.807) is 18.7 Å². The summed E-state index contributed by atoms with van der Waals surface area (Å²) >= 11 is 1.77. The molecule has 0 aromatic carbocycles. The minimum Gasteiger partial charge on any atom is -0.339 e. The second-order valence-corrected chi connectivity index (χ2v) is 5.61. The van der Waals surface area contributed by atoms with Gasteiger partial charge in [0.1, 0.15) is 5.78 Å². The molecule has 2 rings (SSSR count). The fourth-order valence-corrected chi connectivity index (χ4v) is 3.15. The molecule has 0 saturated carbocycles. The topological polar surface area (TPSA) is 52.7 Å². The van der Waals surface area contributed by atoms with E-state index < -0.39 is 0 Å². The van der Waals surface area contributed by atoms with Crippen LogP contribution in [0.4, 0.5) is 0 Å². The van der Waals surface area contributed by atoms with Crippen molar-refractivity contribution in [3.63, 3.8) is 0 Å². The lowest BCUT2D eigenvalue weighted by Gasteiger charge is -2.35. The summed E-state index contributed by atoms with van der Waals surface area (Å²) in [5, 5.41) is 3.20. The first-order valence-corrected chi connectivity index (χ1v) is 7.14. The fraction of sp³-hybridized carbons (Fsp3) is 0.818. The van der Waals surface area contributed by atoms with Crippen LogP contribution in [0, 0.1) is 0 Å². The van der Waals surface area contributed by atoms with Crippen LogP contribution < -0.4 is 5.32 Å². The molecule has 2 heterocycles. The minimum absolute atomic E-state index is 0.000595. The predicted molar refractivity (Wildman–Crippen MR) is 67.9 cm³/mol. The lowest BCUT2D eigenvalue weighted by atomic mass is 10.2. The van der Waals surface area contributed by atoms with Crippen LogP contribution >= 0.6 is 11.8 Å². The Morgan fingerprint density at radius 2 is 2.00 bits per heavy atom. The Morgan fingerprint density at radius 1 is 1.29 bits per heavy atom. The van der Waals surface area contributed by atoms with Gasteiger partial charge in [0.2, 0.25) is 5.91 Å². The number of amides is 1. The Morgan fingerprint density at radius 3 is 2.53 bits per heavy atom. The van der Waals surface area contributed by atoms with Gasteiger partial charge < -0.3 is 4.90 Å². The third-order valence-corrected chi connectivity index (χ3v) is 4.08. The summed E-state index contributed by atoms with van der Waals surface area (Å²) < 4.78 is 0. The molecule has 0 radical (unpaired) electrons. The number of hydrogen-bond donors (Lipinski definition) is 1. The number of thioether (sulfide) groups is 1. The van der Waals surface area contributed by atoms with Gasteiger partial charge >= 0.3 is 0 Å². The third-order valence-electron chi connectivity index (χ3n) is 3.14. The summed E-state index contributed by atoms with van der Waals surface area (Å²) in [5.41, 5.74) is 0. The van der Waals surface area contributed by atoms with Gasteiger partial charge in [-0.25, -0.2) is 0 Å². The zero-order chi connectivity index (χ0) is 12.3. The van der Waals surface area contributed by atoms with Crippen molar-refractivity contribution in [1.82, 2.24) is 15.1 Å². The van der Waals surface area contributed by atoms with Crippen molar-refractivity contribution in [3.8, 4) is 0 Å². The highest BCUT2D eigenvalue weighted by molar-refractivity contribution is 7.99. The normalized spacial score (nSPS) is 26.2. The van der Waals surface area contributed by atoms with E-state index in [2.05, 4.69) is 10.2 Å². The van der Waals surface area contributed by atoms with Gasteiger partial charge in [-0.2, -0.15) is 0 Å². The number of piperazine rings is 1. The molecular formula is C11H19N3O2S. The van der Waals surface area contributed by atoms with Crippen molar-refractivity contribution < 1.29 is 9.59 Å². The first-order chi connectivity index (χ1) is 8.16. The van der Waals surface area contributed by atoms with Gasteiger partial charge in [0, 0.05) is 37.8 Å². The monoisotopic (exact) mass is 257 g/mol. The van der Waals surface area contributed by atoms with Gasteiger partial charge in [-0.15, -0.1) is 11.8 Å². The highest BCUT2D eigenvalue weighted by Crippen LogP contribution is 2.13. The molecule has 2 saturated heterocycles. The average molecular weight is 257 g/mol. The van der Waals surface area contributed by atoms with E-state index in [4.69, 9.17) is 0 Å². The van der Waals surface area contributed by atoms with Crippen molar-refractivity contribution in [3.05, 3.63) is 0 Å². The first-order valence-electron chi connectivity index (χ1n) is 5.98. The average Bonchev–Trinajstić information content (AvgIpc) is 2.82. The molecule has 5 nitrogen and oxygen atoms in total. The van der Waals surface area contributed by atoms with Crippen molar-refractivity contribution in [2.75, 3.05) is 44.4 Å². The maximum absolute atomic E-state index is 12.1. The van der Waals surface area contributed by atoms with Crippen molar-refractivity contribution in [1.29, 1.82) is 0 Å². The van der Waals surface area contributed by atoms with Gasteiger partial charge in [-0.1, -0.05) is 0 Å². The maximum atomic E-state index is 12.1. The maximum Gasteiger partial charge on any atom is 0.240 e. The van der Waals surface area contributed by atoms with Crippen LogP contribution in [0.2, 0.25) is 0 Å². The molecule has 0 aromatic heterocycles. The van der Waals surface area contributed by atoms with Crippen molar-refractivity contribution in [2.24, 2.45) is 0 Å². The second-order valence-electron chi connectivity index (χ2n) is 4.58. The first kappa shape index (κ1) is 12.9. The van der Waals surface area contributed by atoms with E-state index in [-0.39, 0.29) is 17.7 Å². The molecule has 2 aliphatic heterocycles. The largest absolute Gasteiger partial charge is 0.339 e. The number of nitrogens with one attached hydrogen (secondary N) is 1. The number of ketones is 1. The standard InChI is InChI=1S/C11H19N3O2S/c1-9(15)6-13-2-4-14(5-3-13)11(16)10-7-17-8-12-10/h10,12H,2-8H2,1H3. The molecule has 96 valence electrons. The third kappa shape index (κ3) is 3.43. The van der Waals surface area contributed by atoms with Crippen LogP contribution in [0.3, 0.4) is 0 Å². The second kappa shape index (κ2) is 5.84. The molecule has 0 aliphatic carbocycles. The highest BCUT2D eigenvalue weighted by Gasteiger charge is 2.29. The molecule has 0 spiro atoms. The summed E-state index contributed by atoms with van der Waals surface area (Å²) in [6.07, 6.45) is 0. The van der Waals surface area contributed by atoms with Gasteiger partial charge in [0.05, 0.1) is 12.6 Å². The molecule has 1 unspecified atom stereocenters. The van der Waals surface area contributed by atoms with Crippen LogP contribution in [-0.4, -0.2) is 71.9 Å². The lowest BCUT2D eigenvalue weighted by Crippen LogP contribution is -2.54. The zero-order valence-electron chi connectivity index (χ0n) is 10.1. The molecule has 1 N–H and O–H groups in total. The Balaban J connectivity index is 1.78. The summed E-state index contributed by atoms with van der Waals surface area (Å²) in [4.78, 5) is 27.1. The predicted octanol–water partition coefficient (Wildman–Crippen LogP) is -0.618. The quantitative estimate of drug-likeness (QED) is 0.730. The van der Waals surface area contributed by atoms with Gasteiger partial charge in [-0.3, -0.25) is 19.8 Å². The number of nitrogens with zero attached hydrogens (tertiary/aromatic N) is 2. The summed E-state index contributed by atoms with van der Waals surface area (Å²) in [6.45, 7) is 5.23. The van der Waals surface area contributed by atoms with E-state index in [1.807, 2.05) is 4.90 Å². The summed E-state index contributed by atoms with van der Waals surface area (Å²) in [5.74, 6) is 2.17. The lowest BCUT2D eigenvalue weighted by molar-refractivity contribution is -0.134. The Kier molecular flexibility index (Phi) is 4.42. The molecule has 1 amide bonds. The smallest absolute Gasteiger partial charge is 0.240 e. The number of rotatable bonds is 3. The molecule has 2 aliphatic rings. The molecule has 2 fully saturated rings. The van der Waals surface area contributed by atoms with Gasteiger partial charge in [0.25, 0.3) is 0 Å².